The van der Waals surface area contributed by atoms with Gasteiger partial charge in [0.25, 0.3) is 5.91 Å². The van der Waals surface area contributed by atoms with Gasteiger partial charge in [0.2, 0.25) is 0 Å². The topological polar surface area (TPSA) is 81.5 Å². The van der Waals surface area contributed by atoms with Gasteiger partial charge in [-0.3, -0.25) is 9.79 Å². The van der Waals surface area contributed by atoms with Crippen LogP contribution in [0.5, 0.6) is 0 Å². The van der Waals surface area contributed by atoms with Crippen LogP contribution in [0.1, 0.15) is 13.8 Å². The SMILES string of the molecule is CC(C)N=CC(=CN)C(N)=O. The first-order chi connectivity index (χ1) is 5.07. The van der Waals surface area contributed by atoms with Crippen LogP contribution in [0.25, 0.3) is 0 Å². The molecular weight excluding hydrogens is 142 g/mol. The maximum Gasteiger partial charge on any atom is 0.251 e. The van der Waals surface area contributed by atoms with Gasteiger partial charge in [0.1, 0.15) is 0 Å². The van der Waals surface area contributed by atoms with Crippen molar-refractivity contribution in [2.75, 3.05) is 0 Å². The first kappa shape index (κ1) is 9.68. The molecular formula is C7H13N3O. The first-order valence-electron chi connectivity index (χ1n) is 3.32. The molecule has 0 aromatic carbocycles. The second kappa shape index (κ2) is 4.49. The number of hydrogen-bond donors (Lipinski definition) is 2. The normalized spacial score (nSPS) is 12.8. The molecule has 0 aliphatic carbocycles. The Bertz CT molecular complexity index is 194. The predicted octanol–water partition coefficient (Wildman–Crippen LogP) is -0.207. The van der Waals surface area contributed by atoms with E-state index in [4.69, 9.17) is 11.5 Å². The summed E-state index contributed by atoms with van der Waals surface area (Å²) >= 11 is 0. The monoisotopic (exact) mass is 155 g/mol. The number of carbonyl (C=O) groups excluding carboxylic acids is 1. The standard InChI is InChI=1S/C7H13N3O/c1-5(2)10-4-6(3-8)7(9)11/h3-5H,8H2,1-2H3,(H2,9,11). The lowest BCUT2D eigenvalue weighted by Crippen LogP contribution is -2.16. The lowest BCUT2D eigenvalue weighted by molar-refractivity contribution is -0.114. The molecule has 1 amide bonds. The van der Waals surface area contributed by atoms with Crippen LogP contribution < -0.4 is 11.5 Å². The Labute approximate surface area is 66.0 Å². The largest absolute Gasteiger partial charge is 0.404 e. The number of nitrogens with two attached hydrogens (primary N) is 2. The zero-order valence-corrected chi connectivity index (χ0v) is 6.74. The van der Waals surface area contributed by atoms with E-state index < -0.39 is 5.91 Å². The minimum absolute atomic E-state index is 0.143. The minimum atomic E-state index is -0.558. The summed E-state index contributed by atoms with van der Waals surface area (Å²) < 4.78 is 0. The van der Waals surface area contributed by atoms with Gasteiger partial charge in [-0.1, -0.05) is 0 Å². The van der Waals surface area contributed by atoms with E-state index in [2.05, 4.69) is 4.99 Å². The van der Waals surface area contributed by atoms with Crippen LogP contribution >= 0.6 is 0 Å². The molecule has 0 heterocycles. The molecule has 0 fully saturated rings. The lowest BCUT2D eigenvalue weighted by Gasteiger charge is -1.95. The molecule has 0 radical (unpaired) electrons. The van der Waals surface area contributed by atoms with Crippen molar-refractivity contribution in [1.82, 2.24) is 0 Å². The van der Waals surface area contributed by atoms with Crippen molar-refractivity contribution in [2.45, 2.75) is 19.9 Å². The van der Waals surface area contributed by atoms with Gasteiger partial charge in [0, 0.05) is 18.5 Å². The van der Waals surface area contributed by atoms with E-state index in [1.165, 1.54) is 6.21 Å². The van der Waals surface area contributed by atoms with Gasteiger partial charge >= 0.3 is 0 Å². The third-order valence-electron chi connectivity index (χ3n) is 0.976. The van der Waals surface area contributed by atoms with Crippen molar-refractivity contribution in [3.05, 3.63) is 11.8 Å². The third kappa shape index (κ3) is 4.13. The molecule has 0 aliphatic rings. The summed E-state index contributed by atoms with van der Waals surface area (Å²) in [5, 5.41) is 0. The second-order valence-electron chi connectivity index (χ2n) is 2.36. The maximum absolute atomic E-state index is 10.5. The van der Waals surface area contributed by atoms with Crippen molar-refractivity contribution in [2.24, 2.45) is 16.5 Å². The molecule has 0 saturated carbocycles. The first-order valence-corrected chi connectivity index (χ1v) is 3.32. The van der Waals surface area contributed by atoms with E-state index in [1.807, 2.05) is 13.8 Å². The highest BCUT2D eigenvalue weighted by Gasteiger charge is 1.98. The van der Waals surface area contributed by atoms with E-state index in [0.29, 0.717) is 0 Å². The Morgan fingerprint density at radius 2 is 2.09 bits per heavy atom. The van der Waals surface area contributed by atoms with E-state index in [1.54, 1.807) is 0 Å². The van der Waals surface area contributed by atoms with Crippen LogP contribution in [0.2, 0.25) is 0 Å². The number of amides is 1. The van der Waals surface area contributed by atoms with Crippen LogP contribution in [0, 0.1) is 0 Å². The highest BCUT2D eigenvalue weighted by molar-refractivity contribution is 6.11. The number of nitrogens with zero attached hydrogens (tertiary/aromatic N) is 1. The number of primary amides is 1. The van der Waals surface area contributed by atoms with Crippen LogP contribution in [0.4, 0.5) is 0 Å². The Morgan fingerprint density at radius 1 is 1.55 bits per heavy atom. The zero-order valence-electron chi connectivity index (χ0n) is 6.74. The molecule has 4 heteroatoms. The zero-order chi connectivity index (χ0) is 8.85. The van der Waals surface area contributed by atoms with E-state index >= 15 is 0 Å². The summed E-state index contributed by atoms with van der Waals surface area (Å²) in [6.07, 6.45) is 2.53. The fourth-order valence-electron chi connectivity index (χ4n) is 0.418. The number of hydrogen-bond acceptors (Lipinski definition) is 3. The van der Waals surface area contributed by atoms with Crippen molar-refractivity contribution in [3.8, 4) is 0 Å². The Kier molecular flexibility index (Phi) is 3.95. The molecule has 0 rings (SSSR count). The van der Waals surface area contributed by atoms with E-state index in [-0.39, 0.29) is 11.6 Å². The summed E-state index contributed by atoms with van der Waals surface area (Å²) in [7, 11) is 0. The summed E-state index contributed by atoms with van der Waals surface area (Å²) in [6, 6.07) is 0.143. The molecule has 0 unspecified atom stereocenters. The van der Waals surface area contributed by atoms with Crippen molar-refractivity contribution in [3.63, 3.8) is 0 Å². The van der Waals surface area contributed by atoms with Gasteiger partial charge in [0.05, 0.1) is 5.57 Å². The summed E-state index contributed by atoms with van der Waals surface area (Å²) in [5.41, 5.74) is 10.3. The van der Waals surface area contributed by atoms with Gasteiger partial charge in [-0.15, -0.1) is 0 Å². The van der Waals surface area contributed by atoms with Crippen LogP contribution in [0.15, 0.2) is 16.8 Å². The lowest BCUT2D eigenvalue weighted by atomic mass is 10.3. The molecule has 62 valence electrons. The highest BCUT2D eigenvalue weighted by Crippen LogP contribution is 1.89. The average Bonchev–Trinajstić information content (AvgIpc) is 1.87. The highest BCUT2D eigenvalue weighted by atomic mass is 16.1. The molecule has 0 aromatic rings. The van der Waals surface area contributed by atoms with E-state index in [0.717, 1.165) is 6.20 Å². The van der Waals surface area contributed by atoms with Gasteiger partial charge in [-0.2, -0.15) is 0 Å². The number of carbonyl (C=O) groups is 1. The summed E-state index contributed by atoms with van der Waals surface area (Å²) in [4.78, 5) is 14.5. The van der Waals surface area contributed by atoms with Gasteiger partial charge in [-0.05, 0) is 13.8 Å². The fraction of sp³-hybridized carbons (Fsp3) is 0.429. The molecule has 0 aliphatic heterocycles. The molecule has 0 aromatic heterocycles. The Hall–Kier alpha value is -1.32. The third-order valence-corrected chi connectivity index (χ3v) is 0.976. The molecule has 0 bridgehead atoms. The molecule has 0 spiro atoms. The summed E-state index contributed by atoms with van der Waals surface area (Å²) in [5.74, 6) is -0.558. The van der Waals surface area contributed by atoms with Crippen LogP contribution in [0.3, 0.4) is 0 Å². The maximum atomic E-state index is 10.5. The Morgan fingerprint density at radius 3 is 2.36 bits per heavy atom. The van der Waals surface area contributed by atoms with Gasteiger partial charge < -0.3 is 11.5 Å². The van der Waals surface area contributed by atoms with E-state index in [9.17, 15) is 4.79 Å². The molecule has 0 atom stereocenters. The van der Waals surface area contributed by atoms with Crippen LogP contribution in [-0.4, -0.2) is 18.2 Å². The van der Waals surface area contributed by atoms with Crippen molar-refractivity contribution in [1.29, 1.82) is 0 Å². The van der Waals surface area contributed by atoms with Crippen molar-refractivity contribution >= 4 is 12.1 Å². The minimum Gasteiger partial charge on any atom is -0.404 e. The predicted molar refractivity (Wildman–Crippen MR) is 45.1 cm³/mol. The van der Waals surface area contributed by atoms with Crippen LogP contribution in [-0.2, 0) is 4.79 Å². The Balaban J connectivity index is 4.22. The smallest absolute Gasteiger partial charge is 0.251 e. The summed E-state index contributed by atoms with van der Waals surface area (Å²) in [6.45, 7) is 3.79. The molecule has 4 N–H and O–H groups in total. The molecule has 0 saturated heterocycles. The molecule has 11 heavy (non-hydrogen) atoms. The van der Waals surface area contributed by atoms with Gasteiger partial charge in [-0.25, -0.2) is 0 Å². The number of rotatable bonds is 3. The quantitative estimate of drug-likeness (QED) is 0.437. The average molecular weight is 155 g/mol. The second-order valence-corrected chi connectivity index (χ2v) is 2.36. The number of aliphatic imine (C=N–C) groups is 1. The van der Waals surface area contributed by atoms with Gasteiger partial charge in [0.15, 0.2) is 0 Å². The fourth-order valence-corrected chi connectivity index (χ4v) is 0.418. The molecule has 4 nitrogen and oxygen atoms in total. The van der Waals surface area contributed by atoms with Crippen molar-refractivity contribution < 1.29 is 4.79 Å².